The van der Waals surface area contributed by atoms with Crippen LogP contribution < -0.4 is 0 Å². The fraction of sp³-hybridized carbons (Fsp3) is 0.857. The van der Waals surface area contributed by atoms with Crippen molar-refractivity contribution in [1.82, 2.24) is 9.47 Å². The van der Waals surface area contributed by atoms with Gasteiger partial charge in [-0.3, -0.25) is 9.69 Å². The van der Waals surface area contributed by atoms with E-state index in [-0.39, 0.29) is 5.97 Å². The predicted molar refractivity (Wildman–Crippen MR) is 49.7 cm³/mol. The van der Waals surface area contributed by atoms with E-state index in [1.54, 1.807) is 0 Å². The van der Waals surface area contributed by atoms with Crippen molar-refractivity contribution in [1.29, 1.82) is 0 Å². The molecule has 0 amide bonds. The molecule has 0 spiro atoms. The molecule has 0 N–H and O–H groups in total. The van der Waals surface area contributed by atoms with Gasteiger partial charge in [0.25, 0.3) is 0 Å². The highest BCUT2D eigenvalue weighted by atomic mass is 28.2. The van der Waals surface area contributed by atoms with Gasteiger partial charge in [0, 0.05) is 26.3 Å². The zero-order valence-electron chi connectivity index (χ0n) is 7.75. The standard InChI is InChI=1S/C7H16N2O2Si/c1-11-7(10)2-3-8-4-5-9(12)6-8/h2-6H2,1,12H3. The van der Waals surface area contributed by atoms with Crippen molar-refractivity contribution in [2.45, 2.75) is 6.42 Å². The largest absolute Gasteiger partial charge is 0.469 e. The van der Waals surface area contributed by atoms with Crippen LogP contribution in [0.3, 0.4) is 0 Å². The molecule has 0 aliphatic carbocycles. The zero-order chi connectivity index (χ0) is 8.97. The van der Waals surface area contributed by atoms with Crippen LogP contribution >= 0.6 is 0 Å². The fourth-order valence-electron chi connectivity index (χ4n) is 1.33. The molecule has 1 saturated heterocycles. The second-order valence-corrected chi connectivity index (χ2v) is 4.43. The number of nitrogens with zero attached hydrogens (tertiary/aromatic N) is 2. The van der Waals surface area contributed by atoms with E-state index in [9.17, 15) is 4.79 Å². The molecule has 0 saturated carbocycles. The minimum Gasteiger partial charge on any atom is -0.469 e. The number of carbonyl (C=O) groups is 1. The molecule has 1 fully saturated rings. The molecule has 5 heteroatoms. The van der Waals surface area contributed by atoms with Gasteiger partial charge in [-0.25, -0.2) is 0 Å². The lowest BCUT2D eigenvalue weighted by atomic mass is 10.4. The highest BCUT2D eigenvalue weighted by molar-refractivity contribution is 6.04. The Morgan fingerprint density at radius 1 is 1.58 bits per heavy atom. The van der Waals surface area contributed by atoms with Crippen molar-refractivity contribution in [3.63, 3.8) is 0 Å². The summed E-state index contributed by atoms with van der Waals surface area (Å²) in [7, 11) is 2.56. The van der Waals surface area contributed by atoms with E-state index in [0.29, 0.717) is 6.42 Å². The number of hydrogen-bond acceptors (Lipinski definition) is 4. The lowest BCUT2D eigenvalue weighted by Gasteiger charge is -2.13. The molecule has 1 aliphatic rings. The summed E-state index contributed by atoms with van der Waals surface area (Å²) in [6.07, 6.45) is 0.520. The van der Waals surface area contributed by atoms with E-state index >= 15 is 0 Å². The summed E-state index contributed by atoms with van der Waals surface area (Å²) in [5.74, 6) is -0.109. The summed E-state index contributed by atoms with van der Waals surface area (Å²) in [5.41, 5.74) is 0. The van der Waals surface area contributed by atoms with Crippen molar-refractivity contribution in [2.24, 2.45) is 0 Å². The van der Waals surface area contributed by atoms with Crippen LogP contribution in [0.2, 0.25) is 0 Å². The van der Waals surface area contributed by atoms with Crippen LogP contribution in [0.4, 0.5) is 0 Å². The summed E-state index contributed by atoms with van der Waals surface area (Å²) in [4.78, 5) is 13.1. The molecule has 0 bridgehead atoms. The number of carbonyl (C=O) groups excluding carboxylic acids is 1. The van der Waals surface area contributed by atoms with E-state index in [0.717, 1.165) is 36.7 Å². The van der Waals surface area contributed by atoms with E-state index in [1.165, 1.54) is 7.11 Å². The van der Waals surface area contributed by atoms with Gasteiger partial charge in [0.2, 0.25) is 0 Å². The van der Waals surface area contributed by atoms with Crippen LogP contribution in [0.25, 0.3) is 0 Å². The first-order chi connectivity index (χ1) is 5.72. The van der Waals surface area contributed by atoms with Crippen LogP contribution in [-0.4, -0.2) is 59.3 Å². The molecule has 70 valence electrons. The summed E-state index contributed by atoms with van der Waals surface area (Å²) >= 11 is 0. The molecule has 0 radical (unpaired) electrons. The molecule has 0 atom stereocenters. The highest BCUT2D eigenvalue weighted by Crippen LogP contribution is 2.01. The molecular weight excluding hydrogens is 172 g/mol. The summed E-state index contributed by atoms with van der Waals surface area (Å²) in [5, 5.41) is 0. The van der Waals surface area contributed by atoms with Gasteiger partial charge in [0.1, 0.15) is 0 Å². The van der Waals surface area contributed by atoms with Gasteiger partial charge in [0.15, 0.2) is 0 Å². The third kappa shape index (κ3) is 2.92. The molecule has 0 aromatic rings. The Balaban J connectivity index is 2.11. The summed E-state index contributed by atoms with van der Waals surface area (Å²) < 4.78 is 6.94. The zero-order valence-corrected chi connectivity index (χ0v) is 9.75. The molecule has 12 heavy (non-hydrogen) atoms. The van der Waals surface area contributed by atoms with Gasteiger partial charge in [-0.15, -0.1) is 0 Å². The molecule has 1 rings (SSSR count). The second-order valence-electron chi connectivity index (χ2n) is 3.17. The number of hydrogen-bond donors (Lipinski definition) is 0. The van der Waals surface area contributed by atoms with Gasteiger partial charge in [0.05, 0.1) is 23.9 Å². The minimum atomic E-state index is -0.109. The summed E-state index contributed by atoms with van der Waals surface area (Å²) in [6.45, 7) is 4.13. The Bertz CT molecular complexity index is 165. The number of rotatable bonds is 3. The number of ether oxygens (including phenoxy) is 1. The lowest BCUT2D eigenvalue weighted by molar-refractivity contribution is -0.140. The molecule has 0 aromatic carbocycles. The van der Waals surface area contributed by atoms with Crippen LogP contribution in [0.5, 0.6) is 0 Å². The van der Waals surface area contributed by atoms with E-state index < -0.39 is 0 Å². The second kappa shape index (κ2) is 4.59. The van der Waals surface area contributed by atoms with Crippen molar-refractivity contribution in [3.05, 3.63) is 0 Å². The lowest BCUT2D eigenvalue weighted by Crippen LogP contribution is -2.26. The van der Waals surface area contributed by atoms with Crippen molar-refractivity contribution >= 4 is 16.4 Å². The maximum absolute atomic E-state index is 10.8. The Morgan fingerprint density at radius 2 is 2.33 bits per heavy atom. The third-order valence-corrected chi connectivity index (χ3v) is 2.83. The van der Waals surface area contributed by atoms with Gasteiger partial charge >= 0.3 is 5.97 Å². The predicted octanol–water partition coefficient (Wildman–Crippen LogP) is -1.59. The van der Waals surface area contributed by atoms with Crippen molar-refractivity contribution in [2.75, 3.05) is 33.4 Å². The topological polar surface area (TPSA) is 32.8 Å². The van der Waals surface area contributed by atoms with Crippen LogP contribution in [0, 0.1) is 0 Å². The van der Waals surface area contributed by atoms with Gasteiger partial charge in [-0.05, 0) is 0 Å². The van der Waals surface area contributed by atoms with Gasteiger partial charge in [-0.2, -0.15) is 0 Å². The minimum absolute atomic E-state index is 0.109. The first kappa shape index (κ1) is 9.69. The molecule has 1 heterocycles. The Kier molecular flexibility index (Phi) is 3.71. The first-order valence-electron chi connectivity index (χ1n) is 4.20. The Morgan fingerprint density at radius 3 is 2.83 bits per heavy atom. The van der Waals surface area contributed by atoms with Gasteiger partial charge < -0.3 is 9.30 Å². The van der Waals surface area contributed by atoms with Crippen LogP contribution in [0.15, 0.2) is 0 Å². The average Bonchev–Trinajstić information content (AvgIpc) is 2.47. The SMILES string of the molecule is COC(=O)CCN1CCN([SiH3])C1. The van der Waals surface area contributed by atoms with Gasteiger partial charge in [-0.1, -0.05) is 0 Å². The molecule has 0 unspecified atom stereocenters. The van der Waals surface area contributed by atoms with E-state index in [2.05, 4.69) is 14.2 Å². The molecule has 0 aromatic heterocycles. The monoisotopic (exact) mass is 188 g/mol. The maximum atomic E-state index is 10.8. The Labute approximate surface area is 76.0 Å². The summed E-state index contributed by atoms with van der Waals surface area (Å²) in [6, 6.07) is 0. The smallest absolute Gasteiger partial charge is 0.306 e. The maximum Gasteiger partial charge on any atom is 0.306 e. The van der Waals surface area contributed by atoms with Crippen molar-refractivity contribution < 1.29 is 9.53 Å². The molecular formula is C7H16N2O2Si. The fourth-order valence-corrected chi connectivity index (χ4v) is 1.93. The quantitative estimate of drug-likeness (QED) is 0.395. The van der Waals surface area contributed by atoms with Crippen LogP contribution in [0.1, 0.15) is 6.42 Å². The normalized spacial score (nSPS) is 20.1. The van der Waals surface area contributed by atoms with Crippen LogP contribution in [-0.2, 0) is 9.53 Å². The molecule has 4 nitrogen and oxygen atoms in total. The highest BCUT2D eigenvalue weighted by Gasteiger charge is 2.16. The van der Waals surface area contributed by atoms with Crippen molar-refractivity contribution in [3.8, 4) is 0 Å². The third-order valence-electron chi connectivity index (χ3n) is 2.10. The first-order valence-corrected chi connectivity index (χ1v) is 5.09. The number of esters is 1. The molecule has 1 aliphatic heterocycles. The number of methoxy groups -OCH3 is 1. The van der Waals surface area contributed by atoms with E-state index in [1.807, 2.05) is 0 Å². The Hall–Kier alpha value is -0.393. The van der Waals surface area contributed by atoms with E-state index in [4.69, 9.17) is 0 Å². The average molecular weight is 188 g/mol.